The first-order valence-corrected chi connectivity index (χ1v) is 16.2. The number of rotatable bonds is 2. The lowest BCUT2D eigenvalue weighted by Crippen LogP contribution is -1.93. The molecule has 4 heteroatoms. The highest BCUT2D eigenvalue weighted by atomic mass is 16.3. The van der Waals surface area contributed by atoms with Gasteiger partial charge >= 0.3 is 0 Å². The molecule has 3 aromatic heterocycles. The summed E-state index contributed by atoms with van der Waals surface area (Å²) in [6.07, 6.45) is 1.92. The molecule has 0 saturated carbocycles. The molecule has 48 heavy (non-hydrogen) atoms. The topological polar surface area (TPSA) is 52.1 Å². The van der Waals surface area contributed by atoms with E-state index < -0.39 is 0 Å². The van der Waals surface area contributed by atoms with Crippen LogP contribution in [0.5, 0.6) is 0 Å². The number of nitrogens with zero attached hydrogens (tertiary/aromatic N) is 2. The van der Waals surface area contributed by atoms with Gasteiger partial charge in [-0.1, -0.05) is 121 Å². The van der Waals surface area contributed by atoms with Gasteiger partial charge in [0.25, 0.3) is 0 Å². The summed E-state index contributed by atoms with van der Waals surface area (Å²) < 4.78 is 13.2. The summed E-state index contributed by atoms with van der Waals surface area (Å²) >= 11 is 0. The smallest absolute Gasteiger partial charge is 0.144 e. The Hall–Kier alpha value is -6.52. The number of benzene rings is 8. The zero-order valence-electron chi connectivity index (χ0n) is 25.6. The second kappa shape index (κ2) is 9.50. The Kier molecular flexibility index (Phi) is 5.08. The van der Waals surface area contributed by atoms with Gasteiger partial charge in [0.2, 0.25) is 0 Å². The molecule has 8 aromatic carbocycles. The van der Waals surface area contributed by atoms with Crippen LogP contribution in [0.1, 0.15) is 0 Å². The molecule has 11 aromatic rings. The first-order chi connectivity index (χ1) is 23.8. The van der Waals surface area contributed by atoms with Gasteiger partial charge in [-0.25, -0.2) is 4.98 Å². The lowest BCUT2D eigenvalue weighted by molar-refractivity contribution is 0.664. The van der Waals surface area contributed by atoms with E-state index in [-0.39, 0.29) is 0 Å². The van der Waals surface area contributed by atoms with E-state index >= 15 is 0 Å². The van der Waals surface area contributed by atoms with E-state index in [0.717, 1.165) is 98.8 Å². The fourth-order valence-electron chi connectivity index (χ4n) is 7.82. The highest BCUT2D eigenvalue weighted by Crippen LogP contribution is 2.47. The second-order valence-corrected chi connectivity index (χ2v) is 12.4. The molecule has 4 nitrogen and oxygen atoms in total. The predicted molar refractivity (Wildman–Crippen MR) is 197 cm³/mol. The number of hydrogen-bond acceptors (Lipinski definition) is 4. The molecule has 0 radical (unpaired) electrons. The molecular formula is C44H24N2O2. The van der Waals surface area contributed by atoms with Crippen LogP contribution in [-0.2, 0) is 0 Å². The van der Waals surface area contributed by atoms with Crippen LogP contribution >= 0.6 is 0 Å². The maximum atomic E-state index is 6.69. The molecule has 11 rings (SSSR count). The van der Waals surface area contributed by atoms with Crippen molar-refractivity contribution in [3.63, 3.8) is 0 Å². The Morgan fingerprint density at radius 3 is 1.71 bits per heavy atom. The van der Waals surface area contributed by atoms with Crippen molar-refractivity contribution >= 4 is 87.2 Å². The molecule has 222 valence electrons. The average Bonchev–Trinajstić information content (AvgIpc) is 3.71. The normalized spacial score (nSPS) is 12.2. The van der Waals surface area contributed by atoms with E-state index in [1.54, 1.807) is 0 Å². The summed E-state index contributed by atoms with van der Waals surface area (Å²) in [5.41, 5.74) is 9.24. The van der Waals surface area contributed by atoms with E-state index in [0.29, 0.717) is 0 Å². The summed E-state index contributed by atoms with van der Waals surface area (Å²) in [5.74, 6) is 0. The number of para-hydroxylation sites is 2. The fraction of sp³-hybridized carbons (Fsp3) is 0. The molecular weight excluding hydrogens is 588 g/mol. The van der Waals surface area contributed by atoms with Crippen LogP contribution in [-0.4, -0.2) is 9.97 Å². The van der Waals surface area contributed by atoms with Crippen molar-refractivity contribution in [2.75, 3.05) is 0 Å². The van der Waals surface area contributed by atoms with Crippen LogP contribution in [0.4, 0.5) is 0 Å². The molecule has 0 aliphatic rings. The van der Waals surface area contributed by atoms with Crippen LogP contribution in [0, 0.1) is 0 Å². The van der Waals surface area contributed by atoms with Crippen LogP contribution in [0.3, 0.4) is 0 Å². The van der Waals surface area contributed by atoms with Crippen LogP contribution in [0.15, 0.2) is 155 Å². The van der Waals surface area contributed by atoms with E-state index in [9.17, 15) is 0 Å². The summed E-state index contributed by atoms with van der Waals surface area (Å²) in [5, 5.41) is 11.0. The molecule has 0 fully saturated rings. The van der Waals surface area contributed by atoms with Gasteiger partial charge in [0.1, 0.15) is 22.3 Å². The zero-order valence-corrected chi connectivity index (χ0v) is 25.6. The minimum absolute atomic E-state index is 0.839. The first kappa shape index (κ1) is 25.6. The van der Waals surface area contributed by atoms with Crippen molar-refractivity contribution < 1.29 is 8.83 Å². The molecule has 0 bridgehead atoms. The molecule has 3 heterocycles. The van der Waals surface area contributed by atoms with E-state index in [1.165, 1.54) is 10.8 Å². The third kappa shape index (κ3) is 3.43. The fourth-order valence-corrected chi connectivity index (χ4v) is 7.82. The monoisotopic (exact) mass is 612 g/mol. The van der Waals surface area contributed by atoms with Crippen LogP contribution in [0.2, 0.25) is 0 Å². The molecule has 0 atom stereocenters. The van der Waals surface area contributed by atoms with Gasteiger partial charge in [0.05, 0.1) is 22.9 Å². The zero-order chi connectivity index (χ0) is 31.3. The Morgan fingerprint density at radius 2 is 0.958 bits per heavy atom. The van der Waals surface area contributed by atoms with E-state index in [2.05, 4.69) is 115 Å². The number of fused-ring (bicyclic) bond motifs is 13. The summed E-state index contributed by atoms with van der Waals surface area (Å²) in [6, 6.07) is 48.5. The number of aromatic nitrogens is 2. The van der Waals surface area contributed by atoms with Crippen molar-refractivity contribution in [2.24, 2.45) is 0 Å². The van der Waals surface area contributed by atoms with Crippen LogP contribution < -0.4 is 0 Å². The molecule has 0 aliphatic heterocycles. The minimum Gasteiger partial charge on any atom is -0.456 e. The molecule has 0 N–H and O–H groups in total. The van der Waals surface area contributed by atoms with Gasteiger partial charge in [0.15, 0.2) is 0 Å². The van der Waals surface area contributed by atoms with E-state index in [4.69, 9.17) is 18.8 Å². The molecule has 0 unspecified atom stereocenters. The Bertz CT molecular complexity index is 3090. The van der Waals surface area contributed by atoms with Gasteiger partial charge in [-0.2, -0.15) is 0 Å². The van der Waals surface area contributed by atoms with Crippen LogP contribution in [0.25, 0.3) is 110 Å². The maximum absolute atomic E-state index is 6.69. The third-order valence-electron chi connectivity index (χ3n) is 9.90. The lowest BCUT2D eigenvalue weighted by atomic mass is 9.91. The van der Waals surface area contributed by atoms with Gasteiger partial charge in [-0.05, 0) is 45.3 Å². The first-order valence-electron chi connectivity index (χ1n) is 16.2. The largest absolute Gasteiger partial charge is 0.456 e. The standard InChI is InChI=1S/C44H24N2O2/c1-3-14-32-27(11-1)28-12-2-4-15-33(28)43-42(32)45-24-36(46-43)29-19-9-18-26-25(29)17-10-20-31(26)41-40-34-16-6-8-22-38(34)47-39(40)23-35-30-13-5-7-21-37(30)48-44(35)41/h1-24H. The predicted octanol–water partition coefficient (Wildman–Crippen LogP) is 12.2. The Balaban J connectivity index is 1.23. The highest BCUT2D eigenvalue weighted by molar-refractivity contribution is 6.26. The molecule has 0 amide bonds. The summed E-state index contributed by atoms with van der Waals surface area (Å²) in [4.78, 5) is 10.4. The molecule has 0 saturated heterocycles. The summed E-state index contributed by atoms with van der Waals surface area (Å²) in [7, 11) is 0. The van der Waals surface area contributed by atoms with Crippen molar-refractivity contribution in [2.45, 2.75) is 0 Å². The Morgan fingerprint density at radius 1 is 0.396 bits per heavy atom. The average molecular weight is 613 g/mol. The quantitative estimate of drug-likeness (QED) is 0.182. The van der Waals surface area contributed by atoms with Gasteiger partial charge < -0.3 is 8.83 Å². The van der Waals surface area contributed by atoms with Gasteiger partial charge in [-0.15, -0.1) is 0 Å². The van der Waals surface area contributed by atoms with Gasteiger partial charge in [0, 0.05) is 43.4 Å². The van der Waals surface area contributed by atoms with Crippen molar-refractivity contribution in [1.82, 2.24) is 9.97 Å². The third-order valence-corrected chi connectivity index (χ3v) is 9.90. The second-order valence-electron chi connectivity index (χ2n) is 12.4. The van der Waals surface area contributed by atoms with Crippen molar-refractivity contribution in [3.8, 4) is 22.4 Å². The lowest BCUT2D eigenvalue weighted by Gasteiger charge is -2.13. The van der Waals surface area contributed by atoms with Crippen molar-refractivity contribution in [3.05, 3.63) is 146 Å². The Labute approximate surface area is 273 Å². The summed E-state index contributed by atoms with van der Waals surface area (Å²) in [6.45, 7) is 0. The molecule has 0 spiro atoms. The minimum atomic E-state index is 0.839. The van der Waals surface area contributed by atoms with Gasteiger partial charge in [-0.3, -0.25) is 4.98 Å². The SMILES string of the molecule is c1ccc2c(c1)oc1c(-c3cccc4c(-c5cnc6c7ccccc7c7ccccc7c6n5)cccc34)c3c(cc12)oc1ccccc13. The van der Waals surface area contributed by atoms with Crippen molar-refractivity contribution in [1.29, 1.82) is 0 Å². The number of hydrogen-bond donors (Lipinski definition) is 0. The number of furan rings is 2. The van der Waals surface area contributed by atoms with E-state index in [1.807, 2.05) is 30.5 Å². The maximum Gasteiger partial charge on any atom is 0.144 e. The molecule has 0 aliphatic carbocycles. The highest BCUT2D eigenvalue weighted by Gasteiger charge is 2.23.